The normalized spacial score (nSPS) is 15.5. The molecule has 0 bridgehead atoms. The second kappa shape index (κ2) is 23.5. The molecular weight excluding hydrogens is 1010 g/mol. The molecule has 0 aliphatic rings. The van der Waals surface area contributed by atoms with Crippen LogP contribution in [-0.2, 0) is 14.3 Å². The van der Waals surface area contributed by atoms with E-state index in [9.17, 15) is 92.6 Å². The molecule has 302 valence electrons. The van der Waals surface area contributed by atoms with Gasteiger partial charge in [0.25, 0.3) is 5.67 Å². The first kappa shape index (κ1) is 59.9. The molecular formula is C22H25AlBF20I2NO4. The Hall–Kier alpha value is -0.413. The van der Waals surface area contributed by atoms with E-state index in [1.807, 2.05) is 0 Å². The molecule has 2 N–H and O–H groups in total. The molecule has 0 saturated heterocycles. The fourth-order valence-electron chi connectivity index (χ4n) is 2.61. The van der Waals surface area contributed by atoms with Crippen molar-refractivity contribution in [1.82, 2.24) is 0 Å². The van der Waals surface area contributed by atoms with E-state index in [0.717, 1.165) is 6.92 Å². The van der Waals surface area contributed by atoms with Crippen molar-refractivity contribution in [2.24, 2.45) is 5.92 Å². The van der Waals surface area contributed by atoms with Gasteiger partial charge in [-0.2, -0.15) is 79.0 Å². The Morgan fingerprint density at radius 3 is 1.29 bits per heavy atom. The number of aliphatic hydroxyl groups excluding tert-OH is 1. The molecule has 0 saturated carbocycles. The monoisotopic (exact) mass is 1040 g/mol. The van der Waals surface area contributed by atoms with Gasteiger partial charge in [0.15, 0.2) is 6.29 Å². The Balaban J connectivity index is -0.000000227. The van der Waals surface area contributed by atoms with Gasteiger partial charge >= 0.3 is 69.1 Å². The van der Waals surface area contributed by atoms with Gasteiger partial charge in [0.1, 0.15) is 10.5 Å². The van der Waals surface area contributed by atoms with Crippen molar-refractivity contribution in [1.29, 1.82) is 4.35 Å². The molecule has 4 atom stereocenters. The van der Waals surface area contributed by atoms with Crippen molar-refractivity contribution in [3.63, 3.8) is 0 Å². The summed E-state index contributed by atoms with van der Waals surface area (Å²) < 4.78 is 256. The predicted octanol–water partition coefficient (Wildman–Crippen LogP) is 9.78. The zero-order chi connectivity index (χ0) is 41.5. The molecule has 0 aromatic carbocycles. The van der Waals surface area contributed by atoms with Crippen LogP contribution in [0.4, 0.5) is 87.8 Å². The minimum absolute atomic E-state index is 0. The molecule has 5 nitrogen and oxygen atoms in total. The molecule has 51 heavy (non-hydrogen) atoms. The Morgan fingerprint density at radius 2 is 1.08 bits per heavy atom. The standard InChI is InChI=1S/C11H11F10IO2.C6H3F10I.C5H10O2.Al.B.HN/c1-5(23)24-4-7(22)2-6(9(13,14)15)3-8(12,10(16,17)18)11(19,20)21;7-3(5(11,12)13,6(14,15)16)1-2(17)4(8,9)10;1-3-4-7-5(2)6;;;/h6-7H,2-4H2,1H3;2H,1H2;3,5-6H,1,4H2,2H3;;;1H. The molecule has 0 aliphatic carbocycles. The fourth-order valence-corrected chi connectivity index (χ4v) is 4.01. The van der Waals surface area contributed by atoms with Gasteiger partial charge in [-0.25, -0.2) is 8.78 Å². The number of rotatable bonds is 11. The number of alkyl halides is 22. The second-order valence-corrected chi connectivity index (χ2v) is 12.4. The van der Waals surface area contributed by atoms with Crippen molar-refractivity contribution in [3.05, 3.63) is 12.7 Å². The van der Waals surface area contributed by atoms with Gasteiger partial charge in [0, 0.05) is 32.1 Å². The summed E-state index contributed by atoms with van der Waals surface area (Å²) >= 11 is 3.22. The number of ether oxygens (including phenoxy) is 2. The third kappa shape index (κ3) is 22.5. The minimum atomic E-state index is -6.56. The summed E-state index contributed by atoms with van der Waals surface area (Å²) in [4.78, 5) is 10.5. The van der Waals surface area contributed by atoms with Crippen LogP contribution in [0.25, 0.3) is 0 Å². The first-order valence-electron chi connectivity index (χ1n) is 12.2. The third-order valence-corrected chi connectivity index (χ3v) is 7.08. The van der Waals surface area contributed by atoms with Gasteiger partial charge in [-0.15, -0.1) is 6.58 Å². The topological polar surface area (TPSA) is 79.6 Å². The van der Waals surface area contributed by atoms with Crippen molar-refractivity contribution in [3.8, 4) is 0 Å². The van der Waals surface area contributed by atoms with E-state index in [0.29, 0.717) is 6.61 Å². The summed E-state index contributed by atoms with van der Waals surface area (Å²) in [6.45, 7) is 5.61. The number of carbonyl (C=O) groups is 1. The molecule has 0 aromatic heterocycles. The van der Waals surface area contributed by atoms with Crippen LogP contribution in [0.15, 0.2) is 12.7 Å². The SMILES string of the molecule is C=CCOC(C)O.CC(=O)OCC(I)CC(CC(F)(C(F)(F)F)C(F)(F)F)C(F)(F)F.FC(F)(F)C(I)CC(F)(C(F)(F)F)C(F)(F)F.[B].[NH]=[Al]. The van der Waals surface area contributed by atoms with Gasteiger partial charge in [0.2, 0.25) is 0 Å². The Morgan fingerprint density at radius 1 is 0.745 bits per heavy atom. The van der Waals surface area contributed by atoms with E-state index in [1.165, 1.54) is 22.6 Å². The Bertz CT molecular complexity index is 963. The molecule has 0 aromatic rings. The van der Waals surface area contributed by atoms with Gasteiger partial charge in [-0.1, -0.05) is 51.3 Å². The van der Waals surface area contributed by atoms with Crippen LogP contribution in [0.2, 0.25) is 0 Å². The summed E-state index contributed by atoms with van der Waals surface area (Å²) in [7, 11) is 0. The van der Waals surface area contributed by atoms with Crippen molar-refractivity contribution in [2.75, 3.05) is 13.2 Å². The molecule has 0 amide bonds. The van der Waals surface area contributed by atoms with Crippen LogP contribution in [0.1, 0.15) is 33.1 Å². The van der Waals surface area contributed by atoms with Gasteiger partial charge in [-0.3, -0.25) is 4.79 Å². The Labute approximate surface area is 313 Å². The molecule has 0 heterocycles. The van der Waals surface area contributed by atoms with Gasteiger partial charge in [-0.05, 0) is 13.3 Å². The van der Waals surface area contributed by atoms with Crippen LogP contribution in [0.3, 0.4) is 0 Å². The summed E-state index contributed by atoms with van der Waals surface area (Å²) in [6, 6.07) is 0. The molecule has 0 fully saturated rings. The first-order valence-corrected chi connectivity index (χ1v) is 15.3. The van der Waals surface area contributed by atoms with E-state index in [-0.39, 0.29) is 31.0 Å². The van der Waals surface area contributed by atoms with E-state index >= 15 is 0 Å². The number of carbonyl (C=O) groups excluding carboxylic acids is 1. The van der Waals surface area contributed by atoms with E-state index in [2.05, 4.69) is 16.1 Å². The number of nitrogens with one attached hydrogen (secondary N) is 1. The van der Waals surface area contributed by atoms with E-state index in [1.54, 1.807) is 29.1 Å². The van der Waals surface area contributed by atoms with Crippen LogP contribution in [0.5, 0.6) is 0 Å². The van der Waals surface area contributed by atoms with Crippen molar-refractivity contribution in [2.45, 2.75) is 95.6 Å². The molecule has 4 unspecified atom stereocenters. The number of halogens is 22. The van der Waals surface area contributed by atoms with Crippen molar-refractivity contribution >= 4 is 75.7 Å². The predicted molar refractivity (Wildman–Crippen MR) is 156 cm³/mol. The van der Waals surface area contributed by atoms with Crippen LogP contribution in [-0.4, -0.2) is 111 Å². The number of hydrogen-bond donors (Lipinski definition) is 2. The number of aliphatic hydroxyl groups is 1. The first-order chi connectivity index (χ1) is 21.8. The average molecular weight is 1040 g/mol. The van der Waals surface area contributed by atoms with Gasteiger partial charge in [0.05, 0.1) is 12.5 Å². The third-order valence-electron chi connectivity index (χ3n) is 5.07. The maximum atomic E-state index is 13.5. The Kier molecular flexibility index (Phi) is 27.6. The summed E-state index contributed by atoms with van der Waals surface area (Å²) in [5.74, 6) is -4.13. The van der Waals surface area contributed by atoms with E-state index in [4.69, 9.17) is 9.45 Å². The van der Waals surface area contributed by atoms with E-state index < -0.39 is 100 Å². The summed E-state index contributed by atoms with van der Waals surface area (Å²) in [5, 5.41) is 8.41. The molecule has 0 rings (SSSR count). The van der Waals surface area contributed by atoms with Crippen molar-refractivity contribution < 1.29 is 107 Å². The molecule has 29 heteroatoms. The molecule has 0 aliphatic heterocycles. The average Bonchev–Trinajstić information content (AvgIpc) is 2.88. The molecule has 0 spiro atoms. The van der Waals surface area contributed by atoms with Gasteiger partial charge < -0.3 is 14.6 Å². The van der Waals surface area contributed by atoms with Crippen LogP contribution in [0, 0.1) is 10.3 Å². The zero-order valence-electron chi connectivity index (χ0n) is 25.3. The molecule has 4 radical (unpaired) electrons. The fraction of sp³-hybridized carbons (Fsp3) is 0.864. The quantitative estimate of drug-likeness (QED) is 0.0411. The second-order valence-electron chi connectivity index (χ2n) is 9.11. The maximum absolute atomic E-state index is 13.5. The van der Waals surface area contributed by atoms with Crippen LogP contribution < -0.4 is 0 Å². The number of esters is 1. The number of hydrogen-bond acceptors (Lipinski definition) is 5. The zero-order valence-corrected chi connectivity index (χ0v) is 30.7. The summed E-state index contributed by atoms with van der Waals surface area (Å²) in [5.41, 5.74) is -11.9. The summed E-state index contributed by atoms with van der Waals surface area (Å²) in [6.07, 6.45) is -42.9. The van der Waals surface area contributed by atoms with Crippen LogP contribution >= 0.6 is 45.2 Å².